The fourth-order valence-electron chi connectivity index (χ4n) is 3.64. The van der Waals surface area contributed by atoms with Gasteiger partial charge < -0.3 is 14.0 Å². The highest BCUT2D eigenvalue weighted by atomic mass is 35.5. The van der Waals surface area contributed by atoms with Crippen molar-refractivity contribution in [1.82, 2.24) is 14.5 Å². The molecule has 3 heterocycles. The topological polar surface area (TPSA) is 39.5 Å². The van der Waals surface area contributed by atoms with E-state index in [1.165, 1.54) is 12.8 Å². The van der Waals surface area contributed by atoms with Gasteiger partial charge in [-0.2, -0.15) is 0 Å². The first-order valence-corrected chi connectivity index (χ1v) is 8.85. The average Bonchev–Trinajstić information content (AvgIpc) is 3.17. The van der Waals surface area contributed by atoms with E-state index in [1.54, 1.807) is 0 Å². The highest BCUT2D eigenvalue weighted by Crippen LogP contribution is 2.37. The Bertz CT molecular complexity index is 731. The highest BCUT2D eigenvalue weighted by Gasteiger charge is 2.23. The number of ether oxygens (including phenoxy) is 2. The molecule has 128 valence electrons. The maximum atomic E-state index is 6.42. The minimum absolute atomic E-state index is 0.283. The summed E-state index contributed by atoms with van der Waals surface area (Å²) >= 11 is 6.42. The van der Waals surface area contributed by atoms with Crippen molar-refractivity contribution in [1.29, 1.82) is 0 Å². The molecule has 1 atom stereocenters. The molecule has 0 saturated carbocycles. The van der Waals surface area contributed by atoms with Crippen molar-refractivity contribution in [3.8, 4) is 11.5 Å². The lowest BCUT2D eigenvalue weighted by atomic mass is 9.97. The summed E-state index contributed by atoms with van der Waals surface area (Å²) in [6.07, 6.45) is 6.44. The van der Waals surface area contributed by atoms with Crippen molar-refractivity contribution in [2.75, 3.05) is 19.9 Å². The lowest BCUT2D eigenvalue weighted by Gasteiger charge is -2.33. The molecule has 1 saturated heterocycles. The Hall–Kier alpha value is -1.72. The quantitative estimate of drug-likeness (QED) is 0.848. The molecule has 0 bridgehead atoms. The van der Waals surface area contributed by atoms with E-state index < -0.39 is 0 Å². The molecule has 6 heteroatoms. The number of benzene rings is 1. The van der Waals surface area contributed by atoms with Crippen LogP contribution in [-0.2, 0) is 13.1 Å². The van der Waals surface area contributed by atoms with Crippen LogP contribution < -0.4 is 9.47 Å². The molecule has 2 aromatic rings. The van der Waals surface area contributed by atoms with E-state index in [2.05, 4.69) is 27.6 Å². The van der Waals surface area contributed by atoms with Gasteiger partial charge in [-0.1, -0.05) is 11.6 Å². The summed E-state index contributed by atoms with van der Waals surface area (Å²) in [5, 5.41) is 0.756. The van der Waals surface area contributed by atoms with Gasteiger partial charge in [0, 0.05) is 43.1 Å². The van der Waals surface area contributed by atoms with E-state index in [-0.39, 0.29) is 6.79 Å². The molecule has 0 spiro atoms. The zero-order valence-corrected chi connectivity index (χ0v) is 14.6. The Morgan fingerprint density at radius 3 is 2.92 bits per heavy atom. The minimum atomic E-state index is 0.283. The molecule has 0 radical (unpaired) electrons. The number of hydrogen-bond donors (Lipinski definition) is 0. The van der Waals surface area contributed by atoms with Gasteiger partial charge in [-0.15, -0.1) is 0 Å². The molecule has 0 aliphatic carbocycles. The van der Waals surface area contributed by atoms with E-state index in [1.807, 2.05) is 18.3 Å². The molecule has 5 nitrogen and oxygen atoms in total. The molecular formula is C18H22ClN3O2. The number of aromatic nitrogens is 2. The molecular weight excluding hydrogens is 326 g/mol. The van der Waals surface area contributed by atoms with Crippen LogP contribution in [0.4, 0.5) is 0 Å². The zero-order chi connectivity index (χ0) is 16.5. The number of fused-ring (bicyclic) bond motifs is 1. The van der Waals surface area contributed by atoms with Crippen LogP contribution in [0, 0.1) is 12.8 Å². The summed E-state index contributed by atoms with van der Waals surface area (Å²) in [6.45, 7) is 6.44. The van der Waals surface area contributed by atoms with Gasteiger partial charge in [0.25, 0.3) is 0 Å². The van der Waals surface area contributed by atoms with Crippen molar-refractivity contribution < 1.29 is 9.47 Å². The van der Waals surface area contributed by atoms with Crippen LogP contribution >= 0.6 is 11.6 Å². The third kappa shape index (κ3) is 3.23. The number of nitrogens with zero attached hydrogens (tertiary/aromatic N) is 3. The number of likely N-dealkylation sites (tertiary alicyclic amines) is 1. The van der Waals surface area contributed by atoms with Crippen LogP contribution in [0.25, 0.3) is 0 Å². The Balaban J connectivity index is 1.42. The van der Waals surface area contributed by atoms with Crippen LogP contribution in [0.2, 0.25) is 5.02 Å². The number of halogens is 1. The predicted octanol–water partition coefficient (Wildman–Crippen LogP) is 3.49. The molecule has 0 amide bonds. The lowest BCUT2D eigenvalue weighted by Crippen LogP contribution is -2.36. The summed E-state index contributed by atoms with van der Waals surface area (Å²) in [7, 11) is 0. The minimum Gasteiger partial charge on any atom is -0.454 e. The second-order valence-corrected chi connectivity index (χ2v) is 7.07. The first-order chi connectivity index (χ1) is 11.7. The first kappa shape index (κ1) is 15.8. The highest BCUT2D eigenvalue weighted by molar-refractivity contribution is 6.31. The van der Waals surface area contributed by atoms with Crippen molar-refractivity contribution >= 4 is 11.6 Å². The third-order valence-electron chi connectivity index (χ3n) is 4.92. The fraction of sp³-hybridized carbons (Fsp3) is 0.500. The Labute approximate surface area is 147 Å². The normalized spacial score (nSPS) is 20.5. The van der Waals surface area contributed by atoms with Gasteiger partial charge in [-0.3, -0.25) is 4.90 Å². The van der Waals surface area contributed by atoms with E-state index in [4.69, 9.17) is 21.1 Å². The molecule has 0 N–H and O–H groups in total. The standard InChI is InChI=1S/C18H22ClN3O2/c1-13-20-4-6-22(13)10-14-3-2-5-21(9-14)11-15-7-17-18(8-16(15)19)24-12-23-17/h4,6-8,14H,2-3,5,9-12H2,1H3/t14-/m0/s1. The maximum absolute atomic E-state index is 6.42. The Kier molecular flexibility index (Phi) is 4.37. The van der Waals surface area contributed by atoms with Crippen LogP contribution in [0.1, 0.15) is 24.2 Å². The lowest BCUT2D eigenvalue weighted by molar-refractivity contribution is 0.155. The molecule has 0 unspecified atom stereocenters. The van der Waals surface area contributed by atoms with Gasteiger partial charge in [0.15, 0.2) is 11.5 Å². The van der Waals surface area contributed by atoms with E-state index in [0.29, 0.717) is 5.92 Å². The monoisotopic (exact) mass is 347 g/mol. The number of piperidine rings is 1. The maximum Gasteiger partial charge on any atom is 0.231 e. The average molecular weight is 348 g/mol. The Morgan fingerprint density at radius 2 is 2.12 bits per heavy atom. The van der Waals surface area contributed by atoms with Crippen molar-refractivity contribution in [3.05, 3.63) is 40.9 Å². The summed E-state index contributed by atoms with van der Waals surface area (Å²) in [5.41, 5.74) is 1.11. The van der Waals surface area contributed by atoms with Gasteiger partial charge in [0.2, 0.25) is 6.79 Å². The van der Waals surface area contributed by atoms with Crippen molar-refractivity contribution in [3.63, 3.8) is 0 Å². The van der Waals surface area contributed by atoms with E-state index in [9.17, 15) is 0 Å². The van der Waals surface area contributed by atoms with Gasteiger partial charge in [0.05, 0.1) is 0 Å². The fourth-order valence-corrected chi connectivity index (χ4v) is 3.85. The van der Waals surface area contributed by atoms with Gasteiger partial charge in [0.1, 0.15) is 5.82 Å². The largest absolute Gasteiger partial charge is 0.454 e. The van der Waals surface area contributed by atoms with Gasteiger partial charge in [-0.25, -0.2) is 4.98 Å². The SMILES string of the molecule is Cc1nccn1C[C@H]1CCCN(Cc2cc3c(cc2Cl)OCO3)C1. The molecule has 2 aliphatic heterocycles. The van der Waals surface area contributed by atoms with Crippen molar-refractivity contribution in [2.24, 2.45) is 5.92 Å². The Morgan fingerprint density at radius 1 is 1.29 bits per heavy atom. The molecule has 1 aromatic heterocycles. The summed E-state index contributed by atoms with van der Waals surface area (Å²) in [4.78, 5) is 6.81. The predicted molar refractivity (Wildman–Crippen MR) is 92.5 cm³/mol. The zero-order valence-electron chi connectivity index (χ0n) is 13.9. The molecule has 1 aromatic carbocycles. The molecule has 4 rings (SSSR count). The summed E-state index contributed by atoms with van der Waals surface area (Å²) in [5.74, 6) is 3.29. The molecule has 24 heavy (non-hydrogen) atoms. The van der Waals surface area contributed by atoms with Crippen LogP contribution in [0.15, 0.2) is 24.5 Å². The molecule has 1 fully saturated rings. The molecule has 2 aliphatic rings. The van der Waals surface area contributed by atoms with E-state index >= 15 is 0 Å². The smallest absolute Gasteiger partial charge is 0.231 e. The summed E-state index contributed by atoms with van der Waals surface area (Å²) in [6, 6.07) is 3.89. The third-order valence-corrected chi connectivity index (χ3v) is 5.27. The number of aryl methyl sites for hydroxylation is 1. The van der Waals surface area contributed by atoms with Gasteiger partial charge >= 0.3 is 0 Å². The summed E-state index contributed by atoms with van der Waals surface area (Å²) < 4.78 is 13.1. The van der Waals surface area contributed by atoms with E-state index in [0.717, 1.165) is 54.1 Å². The van der Waals surface area contributed by atoms with Crippen LogP contribution in [-0.4, -0.2) is 34.3 Å². The van der Waals surface area contributed by atoms with Crippen molar-refractivity contribution in [2.45, 2.75) is 32.9 Å². The number of rotatable bonds is 4. The second-order valence-electron chi connectivity index (χ2n) is 6.67. The van der Waals surface area contributed by atoms with Crippen LogP contribution in [0.3, 0.4) is 0 Å². The number of hydrogen-bond acceptors (Lipinski definition) is 4. The first-order valence-electron chi connectivity index (χ1n) is 8.47. The van der Waals surface area contributed by atoms with Crippen LogP contribution in [0.5, 0.6) is 11.5 Å². The van der Waals surface area contributed by atoms with Gasteiger partial charge in [-0.05, 0) is 43.9 Å². The second kappa shape index (κ2) is 6.65. The number of imidazole rings is 1.